The summed E-state index contributed by atoms with van der Waals surface area (Å²) < 4.78 is 6.97. The Balaban J connectivity index is 1.93. The molecule has 1 heterocycles. The molecule has 0 bridgehead atoms. The van der Waals surface area contributed by atoms with Crippen LogP contribution in [0.1, 0.15) is 66.5 Å². The molecule has 0 saturated heterocycles. The van der Waals surface area contributed by atoms with Crippen LogP contribution in [0.25, 0.3) is 16.6 Å². The summed E-state index contributed by atoms with van der Waals surface area (Å²) >= 11 is 0. The highest BCUT2D eigenvalue weighted by Gasteiger charge is 2.29. The molecular formula is C31H35N3O3. The summed E-state index contributed by atoms with van der Waals surface area (Å²) in [5.74, 6) is 1.19. The normalized spacial score (nSPS) is 11.9. The van der Waals surface area contributed by atoms with E-state index in [1.165, 1.54) is 0 Å². The molecule has 3 aromatic carbocycles. The van der Waals surface area contributed by atoms with Gasteiger partial charge in [-0.25, -0.2) is 4.98 Å². The van der Waals surface area contributed by atoms with Crippen LogP contribution >= 0.6 is 0 Å². The number of carbonyl (C=O) groups is 1. The Bertz CT molecular complexity index is 1460. The lowest BCUT2D eigenvalue weighted by molar-refractivity contribution is 0.0656. The van der Waals surface area contributed by atoms with Gasteiger partial charge in [0, 0.05) is 12.1 Å². The van der Waals surface area contributed by atoms with E-state index in [9.17, 15) is 9.59 Å². The van der Waals surface area contributed by atoms with Gasteiger partial charge in [0.15, 0.2) is 0 Å². The van der Waals surface area contributed by atoms with Crippen molar-refractivity contribution < 1.29 is 9.53 Å². The second-order valence-electron chi connectivity index (χ2n) is 9.40. The van der Waals surface area contributed by atoms with Crippen molar-refractivity contribution in [3.63, 3.8) is 0 Å². The molecule has 1 unspecified atom stereocenters. The van der Waals surface area contributed by atoms with Gasteiger partial charge in [0.05, 0.1) is 29.7 Å². The van der Waals surface area contributed by atoms with E-state index in [0.717, 1.165) is 29.7 Å². The number of methoxy groups -OCH3 is 1. The van der Waals surface area contributed by atoms with Gasteiger partial charge in [0.2, 0.25) is 0 Å². The number of hydrogen-bond acceptors (Lipinski definition) is 4. The molecule has 6 heteroatoms. The first-order valence-corrected chi connectivity index (χ1v) is 12.9. The number of para-hydroxylation sites is 1. The number of benzene rings is 3. The number of rotatable bonds is 9. The van der Waals surface area contributed by atoms with Crippen molar-refractivity contribution in [1.29, 1.82) is 0 Å². The second kappa shape index (κ2) is 11.4. The zero-order valence-electron chi connectivity index (χ0n) is 22.3. The molecule has 1 amide bonds. The molecular weight excluding hydrogens is 462 g/mol. The monoisotopic (exact) mass is 497 g/mol. The Morgan fingerprint density at radius 1 is 1.00 bits per heavy atom. The maximum atomic E-state index is 13.9. The molecule has 0 saturated carbocycles. The Kier molecular flexibility index (Phi) is 8.07. The maximum Gasteiger partial charge on any atom is 0.266 e. The van der Waals surface area contributed by atoms with Crippen LogP contribution < -0.4 is 10.3 Å². The molecule has 0 aliphatic rings. The van der Waals surface area contributed by atoms with Crippen LogP contribution in [0.3, 0.4) is 0 Å². The van der Waals surface area contributed by atoms with E-state index in [4.69, 9.17) is 9.72 Å². The molecule has 0 radical (unpaired) electrons. The third kappa shape index (κ3) is 5.29. The van der Waals surface area contributed by atoms with Crippen molar-refractivity contribution in [2.45, 2.75) is 53.0 Å². The van der Waals surface area contributed by atoms with Gasteiger partial charge >= 0.3 is 0 Å². The summed E-state index contributed by atoms with van der Waals surface area (Å²) in [5, 5.41) is 0.556. The lowest BCUT2D eigenvalue weighted by atomic mass is 10.1. The molecule has 0 spiro atoms. The van der Waals surface area contributed by atoms with Crippen molar-refractivity contribution in [2.24, 2.45) is 0 Å². The summed E-state index contributed by atoms with van der Waals surface area (Å²) in [7, 11) is 1.61. The highest BCUT2D eigenvalue weighted by atomic mass is 16.5. The molecule has 37 heavy (non-hydrogen) atoms. The quantitative estimate of drug-likeness (QED) is 0.268. The minimum absolute atomic E-state index is 0.0861. The molecule has 1 aromatic heterocycles. The highest BCUT2D eigenvalue weighted by Crippen LogP contribution is 2.29. The minimum atomic E-state index is -0.389. The number of aromatic nitrogens is 2. The molecule has 0 aliphatic carbocycles. The third-order valence-corrected chi connectivity index (χ3v) is 6.96. The van der Waals surface area contributed by atoms with Gasteiger partial charge in [0.1, 0.15) is 11.6 Å². The van der Waals surface area contributed by atoms with Crippen LogP contribution in [0.4, 0.5) is 0 Å². The van der Waals surface area contributed by atoms with Crippen LogP contribution in [0.5, 0.6) is 5.75 Å². The summed E-state index contributed by atoms with van der Waals surface area (Å²) in [5.41, 5.74) is 4.08. The van der Waals surface area contributed by atoms with E-state index in [-0.39, 0.29) is 17.5 Å². The lowest BCUT2D eigenvalue weighted by Gasteiger charge is -2.32. The molecule has 4 rings (SSSR count). The van der Waals surface area contributed by atoms with E-state index < -0.39 is 0 Å². The van der Waals surface area contributed by atoms with Gasteiger partial charge in [-0.3, -0.25) is 14.2 Å². The molecule has 0 aliphatic heterocycles. The molecule has 192 valence electrons. The van der Waals surface area contributed by atoms with Crippen LogP contribution in [0.15, 0.2) is 71.5 Å². The summed E-state index contributed by atoms with van der Waals surface area (Å²) in [6.45, 7) is 8.80. The van der Waals surface area contributed by atoms with E-state index >= 15 is 0 Å². The lowest BCUT2D eigenvalue weighted by Crippen LogP contribution is -2.39. The number of ether oxygens (including phenoxy) is 1. The first-order chi connectivity index (χ1) is 17.9. The van der Waals surface area contributed by atoms with Crippen LogP contribution in [0, 0.1) is 13.8 Å². The molecule has 6 nitrogen and oxygen atoms in total. The number of unbranched alkanes of at least 4 members (excludes halogenated alkanes) is 1. The zero-order chi connectivity index (χ0) is 26.5. The van der Waals surface area contributed by atoms with Crippen molar-refractivity contribution in [1.82, 2.24) is 14.5 Å². The Labute approximate surface area is 218 Å². The topological polar surface area (TPSA) is 64.4 Å². The maximum absolute atomic E-state index is 13.9. The highest BCUT2D eigenvalue weighted by molar-refractivity contribution is 5.94. The fourth-order valence-electron chi connectivity index (χ4n) is 4.66. The SMILES string of the molecule is CCCCN(C(=O)c1ccc(OC)cc1)C(CC)c1nc2ccccc2c(=O)n1-c1ccc(C)c(C)c1. The van der Waals surface area contributed by atoms with Crippen LogP contribution in [-0.2, 0) is 0 Å². The van der Waals surface area contributed by atoms with E-state index in [2.05, 4.69) is 13.8 Å². The van der Waals surface area contributed by atoms with Crippen molar-refractivity contribution in [3.05, 3.63) is 99.6 Å². The molecule has 4 aromatic rings. The number of fused-ring (bicyclic) bond motifs is 1. The number of hydrogen-bond donors (Lipinski definition) is 0. The summed E-state index contributed by atoms with van der Waals surface area (Å²) in [6, 6.07) is 20.2. The first kappa shape index (κ1) is 26.1. The number of nitrogens with zero attached hydrogens (tertiary/aromatic N) is 3. The molecule has 1 atom stereocenters. The molecule has 0 fully saturated rings. The number of carbonyl (C=O) groups excluding carboxylic acids is 1. The van der Waals surface area contributed by atoms with Crippen molar-refractivity contribution in [2.75, 3.05) is 13.7 Å². The standard InChI is InChI=1S/C31H35N3O3/c1-6-8-19-33(30(35)23-14-17-25(37-5)18-15-23)28(7-2)29-32-27-12-10-9-11-26(27)31(36)34(29)24-16-13-21(3)22(4)20-24/h9-18,20,28H,6-8,19H2,1-5H3. The van der Waals surface area contributed by atoms with Gasteiger partial charge in [-0.2, -0.15) is 0 Å². The first-order valence-electron chi connectivity index (χ1n) is 12.9. The average molecular weight is 498 g/mol. The summed E-state index contributed by atoms with van der Waals surface area (Å²) in [4.78, 5) is 34.7. The smallest absolute Gasteiger partial charge is 0.266 e. The fourth-order valence-corrected chi connectivity index (χ4v) is 4.66. The third-order valence-electron chi connectivity index (χ3n) is 6.96. The van der Waals surface area contributed by atoms with Crippen molar-refractivity contribution in [3.8, 4) is 11.4 Å². The minimum Gasteiger partial charge on any atom is -0.497 e. The largest absolute Gasteiger partial charge is 0.497 e. The number of aryl methyl sites for hydroxylation is 2. The zero-order valence-corrected chi connectivity index (χ0v) is 22.3. The van der Waals surface area contributed by atoms with E-state index in [0.29, 0.717) is 41.0 Å². The van der Waals surface area contributed by atoms with E-state index in [1.807, 2.05) is 61.2 Å². The fraction of sp³-hybridized carbons (Fsp3) is 0.323. The number of amides is 1. The van der Waals surface area contributed by atoms with Gasteiger partial charge in [-0.1, -0.05) is 38.5 Å². The van der Waals surface area contributed by atoms with Gasteiger partial charge in [0.25, 0.3) is 11.5 Å². The van der Waals surface area contributed by atoms with Crippen LogP contribution in [0.2, 0.25) is 0 Å². The Hall–Kier alpha value is -3.93. The van der Waals surface area contributed by atoms with E-state index in [1.54, 1.807) is 35.9 Å². The van der Waals surface area contributed by atoms with Gasteiger partial charge in [-0.05, 0) is 86.3 Å². The predicted molar refractivity (Wildman–Crippen MR) is 149 cm³/mol. The molecule has 0 N–H and O–H groups in total. The van der Waals surface area contributed by atoms with Gasteiger partial charge < -0.3 is 9.64 Å². The Morgan fingerprint density at radius 2 is 1.73 bits per heavy atom. The Morgan fingerprint density at radius 3 is 2.38 bits per heavy atom. The predicted octanol–water partition coefficient (Wildman–Crippen LogP) is 6.40. The van der Waals surface area contributed by atoms with Crippen LogP contribution in [-0.4, -0.2) is 34.0 Å². The average Bonchev–Trinajstić information content (AvgIpc) is 2.92. The second-order valence-corrected chi connectivity index (χ2v) is 9.40. The van der Waals surface area contributed by atoms with Crippen molar-refractivity contribution >= 4 is 16.8 Å². The summed E-state index contributed by atoms with van der Waals surface area (Å²) in [6.07, 6.45) is 2.40. The van der Waals surface area contributed by atoms with Gasteiger partial charge in [-0.15, -0.1) is 0 Å².